The molecule has 6 aromatic rings. The SMILES string of the molecule is Cc1ccc(N2c3ccccc3Sc3ccccc32)c2nc(-c3ccc(Cl)cc3)cc(-c3ccc(C(C)(C)C)cc3)c12. The summed E-state index contributed by atoms with van der Waals surface area (Å²) in [7, 11) is 0. The van der Waals surface area contributed by atoms with E-state index < -0.39 is 0 Å². The molecule has 0 saturated carbocycles. The Morgan fingerprint density at radius 1 is 0.667 bits per heavy atom. The van der Waals surface area contributed by atoms with Gasteiger partial charge in [-0.25, -0.2) is 4.98 Å². The minimum atomic E-state index is 0.0868. The van der Waals surface area contributed by atoms with Crippen LogP contribution in [0.15, 0.2) is 125 Å². The average molecular weight is 583 g/mol. The number of para-hydroxylation sites is 2. The summed E-state index contributed by atoms with van der Waals surface area (Å²) in [6, 6.07) is 41.0. The number of anilines is 3. The highest BCUT2D eigenvalue weighted by Crippen LogP contribution is 2.53. The molecule has 1 aliphatic heterocycles. The van der Waals surface area contributed by atoms with Gasteiger partial charge in [0.15, 0.2) is 0 Å². The van der Waals surface area contributed by atoms with Crippen molar-refractivity contribution in [2.45, 2.75) is 42.9 Å². The van der Waals surface area contributed by atoms with E-state index in [1.807, 2.05) is 23.9 Å². The fraction of sp³-hybridized carbons (Fsp3) is 0.132. The van der Waals surface area contributed by atoms with Gasteiger partial charge in [-0.2, -0.15) is 0 Å². The largest absolute Gasteiger partial charge is 0.306 e. The summed E-state index contributed by atoms with van der Waals surface area (Å²) in [6.45, 7) is 8.96. The second kappa shape index (κ2) is 10.3. The number of rotatable bonds is 3. The molecule has 0 atom stereocenters. The van der Waals surface area contributed by atoms with Gasteiger partial charge in [0.25, 0.3) is 0 Å². The van der Waals surface area contributed by atoms with Crippen LogP contribution in [0.1, 0.15) is 31.9 Å². The van der Waals surface area contributed by atoms with Gasteiger partial charge < -0.3 is 4.90 Å². The van der Waals surface area contributed by atoms with Crippen molar-refractivity contribution in [3.63, 3.8) is 0 Å². The molecule has 7 rings (SSSR count). The summed E-state index contributed by atoms with van der Waals surface area (Å²) in [5, 5.41) is 1.88. The van der Waals surface area contributed by atoms with E-state index in [0.29, 0.717) is 5.02 Å². The average Bonchev–Trinajstić information content (AvgIpc) is 3.00. The molecule has 206 valence electrons. The zero-order chi connectivity index (χ0) is 29.0. The Morgan fingerprint density at radius 3 is 1.88 bits per heavy atom. The van der Waals surface area contributed by atoms with Crippen molar-refractivity contribution >= 4 is 51.3 Å². The van der Waals surface area contributed by atoms with Gasteiger partial charge in [-0.15, -0.1) is 0 Å². The fourth-order valence-corrected chi connectivity index (χ4v) is 6.97. The normalized spacial score (nSPS) is 12.7. The molecular weight excluding hydrogens is 552 g/mol. The number of hydrogen-bond donors (Lipinski definition) is 0. The maximum Gasteiger partial charge on any atom is 0.0958 e. The van der Waals surface area contributed by atoms with E-state index in [1.54, 1.807) is 0 Å². The minimum absolute atomic E-state index is 0.0868. The van der Waals surface area contributed by atoms with E-state index in [2.05, 4.69) is 136 Å². The predicted molar refractivity (Wildman–Crippen MR) is 180 cm³/mol. The lowest BCUT2D eigenvalue weighted by Crippen LogP contribution is -2.15. The Labute approximate surface area is 257 Å². The quantitative estimate of drug-likeness (QED) is 0.206. The molecule has 0 amide bonds. The molecule has 1 aromatic heterocycles. The molecule has 1 aliphatic rings. The molecule has 5 aromatic carbocycles. The van der Waals surface area contributed by atoms with Gasteiger partial charge in [-0.3, -0.25) is 0 Å². The Morgan fingerprint density at radius 2 is 1.26 bits per heavy atom. The van der Waals surface area contributed by atoms with Gasteiger partial charge in [0.2, 0.25) is 0 Å². The van der Waals surface area contributed by atoms with Gasteiger partial charge >= 0.3 is 0 Å². The van der Waals surface area contributed by atoms with Gasteiger partial charge in [-0.05, 0) is 83.1 Å². The molecule has 0 spiro atoms. The third-order valence-electron chi connectivity index (χ3n) is 8.02. The van der Waals surface area contributed by atoms with E-state index in [-0.39, 0.29) is 5.41 Å². The van der Waals surface area contributed by atoms with Gasteiger partial charge in [0.05, 0.1) is 28.3 Å². The Hall–Kier alpha value is -4.05. The zero-order valence-electron chi connectivity index (χ0n) is 24.2. The van der Waals surface area contributed by atoms with Crippen LogP contribution in [0.4, 0.5) is 17.1 Å². The van der Waals surface area contributed by atoms with Crippen molar-refractivity contribution in [1.29, 1.82) is 0 Å². The van der Waals surface area contributed by atoms with Crippen LogP contribution in [-0.4, -0.2) is 4.98 Å². The Balaban J connectivity index is 1.54. The first-order valence-electron chi connectivity index (χ1n) is 14.3. The van der Waals surface area contributed by atoms with Crippen LogP contribution in [0.3, 0.4) is 0 Å². The number of benzene rings is 5. The smallest absolute Gasteiger partial charge is 0.0958 e. The lowest BCUT2D eigenvalue weighted by Gasteiger charge is -2.33. The molecule has 2 heterocycles. The summed E-state index contributed by atoms with van der Waals surface area (Å²) in [5.41, 5.74) is 11.3. The maximum atomic E-state index is 6.29. The molecule has 0 radical (unpaired) electrons. The lowest BCUT2D eigenvalue weighted by molar-refractivity contribution is 0.590. The van der Waals surface area contributed by atoms with E-state index in [9.17, 15) is 0 Å². The first-order valence-corrected chi connectivity index (χ1v) is 15.4. The van der Waals surface area contributed by atoms with Crippen molar-refractivity contribution < 1.29 is 0 Å². The molecule has 0 saturated heterocycles. The van der Waals surface area contributed by atoms with E-state index in [0.717, 1.165) is 22.5 Å². The first kappa shape index (κ1) is 26.8. The minimum Gasteiger partial charge on any atom is -0.306 e. The van der Waals surface area contributed by atoms with Crippen LogP contribution in [0.5, 0.6) is 0 Å². The summed E-state index contributed by atoms with van der Waals surface area (Å²) in [5.74, 6) is 0. The maximum absolute atomic E-state index is 6.29. The third kappa shape index (κ3) is 4.67. The second-order valence-corrected chi connectivity index (χ2v) is 13.4. The van der Waals surface area contributed by atoms with Crippen LogP contribution in [0, 0.1) is 6.92 Å². The standard InChI is InChI=1S/C38H31ClN2S/c1-24-13-22-33(41-31-9-5-7-11-34(31)42-35-12-8-6-10-32(35)41)37-36(24)29(25-14-18-27(19-15-25)38(2,3)4)23-30(40-37)26-16-20-28(39)21-17-26/h5-23H,1-4H3. The monoisotopic (exact) mass is 582 g/mol. The summed E-state index contributed by atoms with van der Waals surface area (Å²) >= 11 is 8.11. The summed E-state index contributed by atoms with van der Waals surface area (Å²) in [6.07, 6.45) is 0. The molecule has 0 unspecified atom stereocenters. The number of fused-ring (bicyclic) bond motifs is 3. The van der Waals surface area contributed by atoms with Crippen molar-refractivity contribution in [2.24, 2.45) is 0 Å². The molecule has 0 N–H and O–H groups in total. The van der Waals surface area contributed by atoms with Crippen LogP contribution in [-0.2, 0) is 5.41 Å². The number of aryl methyl sites for hydroxylation is 1. The molecule has 42 heavy (non-hydrogen) atoms. The van der Waals surface area contributed by atoms with E-state index in [1.165, 1.54) is 48.8 Å². The van der Waals surface area contributed by atoms with Crippen molar-refractivity contribution in [1.82, 2.24) is 4.98 Å². The highest BCUT2D eigenvalue weighted by atomic mass is 35.5. The highest BCUT2D eigenvalue weighted by molar-refractivity contribution is 7.99. The molecular formula is C38H31ClN2S. The van der Waals surface area contributed by atoms with Gasteiger partial charge in [0, 0.05) is 25.8 Å². The van der Waals surface area contributed by atoms with E-state index in [4.69, 9.17) is 16.6 Å². The number of halogens is 1. The molecule has 4 heteroatoms. The van der Waals surface area contributed by atoms with Crippen LogP contribution >= 0.6 is 23.4 Å². The Kier molecular flexibility index (Phi) is 6.61. The van der Waals surface area contributed by atoms with Crippen molar-refractivity contribution in [3.8, 4) is 22.4 Å². The molecule has 0 aliphatic carbocycles. The topological polar surface area (TPSA) is 16.1 Å². The first-order chi connectivity index (χ1) is 20.3. The molecule has 0 bridgehead atoms. The Bertz CT molecular complexity index is 1910. The zero-order valence-corrected chi connectivity index (χ0v) is 25.7. The predicted octanol–water partition coefficient (Wildman–Crippen LogP) is 11.8. The fourth-order valence-electron chi connectivity index (χ4n) is 5.79. The lowest BCUT2D eigenvalue weighted by atomic mass is 9.85. The van der Waals surface area contributed by atoms with Gasteiger partial charge in [-0.1, -0.05) is 111 Å². The van der Waals surface area contributed by atoms with Gasteiger partial charge in [0.1, 0.15) is 0 Å². The third-order valence-corrected chi connectivity index (χ3v) is 9.40. The second-order valence-electron chi connectivity index (χ2n) is 11.9. The molecule has 2 nitrogen and oxygen atoms in total. The van der Waals surface area contributed by atoms with Crippen molar-refractivity contribution in [2.75, 3.05) is 4.90 Å². The summed E-state index contributed by atoms with van der Waals surface area (Å²) in [4.78, 5) is 10.3. The van der Waals surface area contributed by atoms with E-state index >= 15 is 0 Å². The number of hydrogen-bond acceptors (Lipinski definition) is 3. The number of aromatic nitrogens is 1. The number of nitrogens with zero attached hydrogens (tertiary/aromatic N) is 2. The van der Waals surface area contributed by atoms with Crippen LogP contribution in [0.25, 0.3) is 33.3 Å². The molecule has 0 fully saturated rings. The summed E-state index contributed by atoms with van der Waals surface area (Å²) < 4.78 is 0. The van der Waals surface area contributed by atoms with Crippen molar-refractivity contribution in [3.05, 3.63) is 131 Å². The van der Waals surface area contributed by atoms with Crippen LogP contribution in [0.2, 0.25) is 5.02 Å². The highest BCUT2D eigenvalue weighted by Gasteiger charge is 2.27. The van der Waals surface area contributed by atoms with Crippen LogP contribution < -0.4 is 4.90 Å². The number of pyridine rings is 1.